The number of hydrogen-bond donors (Lipinski definition) is 0. The van der Waals surface area contributed by atoms with Crippen LogP contribution < -0.4 is 4.90 Å². The second-order valence-electron chi connectivity index (χ2n) is 23.8. The highest BCUT2D eigenvalue weighted by atomic mass is 15.1. The number of hydrogen-bond acceptors (Lipinski definition) is 1. The summed E-state index contributed by atoms with van der Waals surface area (Å²) < 4.78 is 2.38. The number of para-hydroxylation sites is 3. The van der Waals surface area contributed by atoms with E-state index in [2.05, 4.69) is 308 Å². The number of benzene rings is 11. The molecule has 1 aromatic heterocycles. The Morgan fingerprint density at radius 1 is 0.364 bits per heavy atom. The highest BCUT2D eigenvalue weighted by Crippen LogP contribution is 2.53. The highest BCUT2D eigenvalue weighted by Gasteiger charge is 2.37. The molecule has 0 aliphatic heterocycles. The van der Waals surface area contributed by atoms with E-state index >= 15 is 0 Å². The lowest BCUT2D eigenvalue weighted by molar-refractivity contribution is 0.569. The molecule has 0 saturated carbocycles. The van der Waals surface area contributed by atoms with E-state index in [4.69, 9.17) is 0 Å². The van der Waals surface area contributed by atoms with Crippen LogP contribution in [0.15, 0.2) is 243 Å². The zero-order valence-corrected chi connectivity index (χ0v) is 45.5. The predicted octanol–water partition coefficient (Wildman–Crippen LogP) is 21.0. The van der Waals surface area contributed by atoms with E-state index in [0.29, 0.717) is 0 Å². The Labute approximate surface area is 454 Å². The summed E-state index contributed by atoms with van der Waals surface area (Å²) in [4.78, 5) is 2.49. The average molecular weight is 993 g/mol. The van der Waals surface area contributed by atoms with Gasteiger partial charge in [0.15, 0.2) is 0 Å². The maximum atomic E-state index is 2.49. The van der Waals surface area contributed by atoms with E-state index in [9.17, 15) is 0 Å². The van der Waals surface area contributed by atoms with Gasteiger partial charge in [0.2, 0.25) is 0 Å². The Morgan fingerprint density at radius 2 is 0.948 bits per heavy atom. The summed E-state index contributed by atoms with van der Waals surface area (Å²) in [6.45, 7) is 18.7. The number of rotatable bonds is 8. The topological polar surface area (TPSA) is 8.17 Å². The summed E-state index contributed by atoms with van der Waals surface area (Å²) in [7, 11) is 0. The van der Waals surface area contributed by atoms with Crippen molar-refractivity contribution < 1.29 is 0 Å². The molecule has 0 bridgehead atoms. The van der Waals surface area contributed by atoms with Crippen LogP contribution in [0.4, 0.5) is 17.1 Å². The highest BCUT2D eigenvalue weighted by molar-refractivity contribution is 6.11. The quantitative estimate of drug-likeness (QED) is 0.147. The van der Waals surface area contributed by atoms with Gasteiger partial charge in [0, 0.05) is 38.8 Å². The van der Waals surface area contributed by atoms with Gasteiger partial charge in [0.1, 0.15) is 0 Å². The van der Waals surface area contributed by atoms with Crippen LogP contribution in [0.25, 0.3) is 93.9 Å². The Hall–Kier alpha value is -8.72. The Balaban J connectivity index is 0.994. The molecule has 11 aromatic carbocycles. The second kappa shape index (κ2) is 18.2. The zero-order chi connectivity index (χ0) is 52.8. The van der Waals surface area contributed by atoms with Gasteiger partial charge in [-0.25, -0.2) is 0 Å². The number of anilines is 3. The van der Waals surface area contributed by atoms with E-state index in [-0.39, 0.29) is 16.2 Å². The fraction of sp³-hybridized carbons (Fsp3) is 0.147. The third kappa shape index (κ3) is 8.17. The van der Waals surface area contributed by atoms with Crippen LogP contribution in [0.2, 0.25) is 0 Å². The number of aromatic nitrogens is 1. The molecule has 0 N–H and O–H groups in total. The first-order valence-corrected chi connectivity index (χ1v) is 27.3. The minimum atomic E-state index is -0.160. The van der Waals surface area contributed by atoms with Crippen molar-refractivity contribution in [1.29, 1.82) is 0 Å². The van der Waals surface area contributed by atoms with Gasteiger partial charge < -0.3 is 9.47 Å². The molecule has 0 spiro atoms. The second-order valence-corrected chi connectivity index (χ2v) is 23.8. The Morgan fingerprint density at radius 3 is 1.70 bits per heavy atom. The molecule has 1 aliphatic carbocycles. The predicted molar refractivity (Wildman–Crippen MR) is 330 cm³/mol. The van der Waals surface area contributed by atoms with E-state index in [1.807, 2.05) is 0 Å². The first-order valence-electron chi connectivity index (χ1n) is 27.3. The molecule has 77 heavy (non-hydrogen) atoms. The van der Waals surface area contributed by atoms with Crippen molar-refractivity contribution in [3.05, 3.63) is 265 Å². The van der Waals surface area contributed by atoms with E-state index in [1.165, 1.54) is 110 Å². The molecule has 1 aliphatic rings. The lowest BCUT2D eigenvalue weighted by Crippen LogP contribution is -2.16. The normalized spacial score (nSPS) is 13.0. The van der Waals surface area contributed by atoms with Gasteiger partial charge in [0.05, 0.1) is 16.7 Å². The van der Waals surface area contributed by atoms with Crippen LogP contribution in [0.3, 0.4) is 0 Å². The molecule has 13 rings (SSSR count). The molecule has 12 aromatic rings. The van der Waals surface area contributed by atoms with E-state index in [0.717, 1.165) is 22.7 Å². The minimum absolute atomic E-state index is 0.0181. The summed E-state index contributed by atoms with van der Waals surface area (Å²) in [6, 6.07) is 90.7. The van der Waals surface area contributed by atoms with Gasteiger partial charge in [-0.1, -0.05) is 237 Å². The summed E-state index contributed by atoms with van der Waals surface area (Å²) >= 11 is 0. The molecule has 0 saturated heterocycles. The summed E-state index contributed by atoms with van der Waals surface area (Å²) in [5.41, 5.74) is 24.4. The van der Waals surface area contributed by atoms with Crippen LogP contribution in [-0.4, -0.2) is 4.57 Å². The largest absolute Gasteiger partial charge is 0.310 e. The minimum Gasteiger partial charge on any atom is -0.310 e. The third-order valence-electron chi connectivity index (χ3n) is 16.5. The van der Waals surface area contributed by atoms with E-state index < -0.39 is 0 Å². The van der Waals surface area contributed by atoms with Crippen molar-refractivity contribution in [2.24, 2.45) is 0 Å². The molecule has 374 valence electrons. The fourth-order valence-electron chi connectivity index (χ4n) is 12.5. The molecule has 0 atom stereocenters. The molecule has 1 heterocycles. The van der Waals surface area contributed by atoms with Crippen molar-refractivity contribution in [1.82, 2.24) is 4.57 Å². The van der Waals surface area contributed by atoms with Crippen LogP contribution in [0, 0.1) is 0 Å². The van der Waals surface area contributed by atoms with Crippen LogP contribution in [0.1, 0.15) is 77.6 Å². The first kappa shape index (κ1) is 48.0. The molecule has 2 heteroatoms. The molecule has 2 nitrogen and oxygen atoms in total. The zero-order valence-electron chi connectivity index (χ0n) is 45.5. The molecule has 0 amide bonds. The van der Waals surface area contributed by atoms with Crippen molar-refractivity contribution >= 4 is 49.6 Å². The fourth-order valence-corrected chi connectivity index (χ4v) is 12.5. The molecular formula is C75H64N2. The lowest BCUT2D eigenvalue weighted by atomic mass is 9.78. The van der Waals surface area contributed by atoms with Gasteiger partial charge in [-0.3, -0.25) is 0 Å². The molecule has 0 fully saturated rings. The standard InChI is InChI=1S/C75H64N2/c1-73(2,3)54-44-53(45-55(48-54)74(4,5)6)59-31-19-22-50-23-20-33-64(71(50)59)62-29-13-16-36-68(62)76(58-27-18-24-52(46-58)60-32-21-34-65-61-28-12-15-35-67(61)75(7,8)72(60)65)57-41-38-49(39-42-57)51-40-43-70-66(47-51)63-30-14-17-37-69(63)77(70)56-25-10-9-11-26-56/h9-48H,1-8H3. The van der Waals surface area contributed by atoms with Crippen LogP contribution in [-0.2, 0) is 16.2 Å². The first-order chi connectivity index (χ1) is 37.2. The smallest absolute Gasteiger partial charge is 0.0541 e. The van der Waals surface area contributed by atoms with Crippen molar-refractivity contribution in [2.45, 2.75) is 71.6 Å². The Kier molecular flexibility index (Phi) is 11.4. The van der Waals surface area contributed by atoms with Crippen LogP contribution >= 0.6 is 0 Å². The Bertz CT molecular complexity index is 4210. The van der Waals surface area contributed by atoms with Gasteiger partial charge in [-0.2, -0.15) is 0 Å². The summed E-state index contributed by atoms with van der Waals surface area (Å²) in [5.74, 6) is 0. The third-order valence-corrected chi connectivity index (χ3v) is 16.5. The monoisotopic (exact) mass is 993 g/mol. The molecule has 0 radical (unpaired) electrons. The van der Waals surface area contributed by atoms with E-state index in [1.54, 1.807) is 0 Å². The van der Waals surface area contributed by atoms with Gasteiger partial charge in [-0.05, 0) is 155 Å². The van der Waals surface area contributed by atoms with Gasteiger partial charge >= 0.3 is 0 Å². The van der Waals surface area contributed by atoms with Crippen molar-refractivity contribution in [2.75, 3.05) is 4.90 Å². The number of nitrogens with zero attached hydrogens (tertiary/aromatic N) is 2. The average Bonchev–Trinajstić information content (AvgIpc) is 4.00. The lowest BCUT2D eigenvalue weighted by Gasteiger charge is -2.30. The maximum Gasteiger partial charge on any atom is 0.0541 e. The number of fused-ring (bicyclic) bond motifs is 7. The van der Waals surface area contributed by atoms with Crippen LogP contribution in [0.5, 0.6) is 0 Å². The maximum absolute atomic E-state index is 2.49. The summed E-state index contributed by atoms with van der Waals surface area (Å²) in [5, 5.41) is 4.96. The van der Waals surface area contributed by atoms with Gasteiger partial charge in [0.25, 0.3) is 0 Å². The van der Waals surface area contributed by atoms with Crippen molar-refractivity contribution in [3.8, 4) is 61.3 Å². The SMILES string of the molecule is CC(C)(C)c1cc(-c2cccc3cccc(-c4ccccc4N(c4ccc(-c5ccc6c(c5)c5ccccc5n6-c5ccccc5)cc4)c4cccc(-c5cccc6c5C(C)(C)c5ccccc5-6)c4)c23)cc(C(C)(C)C)c1. The van der Waals surface area contributed by atoms with Gasteiger partial charge in [-0.15, -0.1) is 0 Å². The summed E-state index contributed by atoms with van der Waals surface area (Å²) in [6.07, 6.45) is 0. The van der Waals surface area contributed by atoms with Crippen molar-refractivity contribution in [3.63, 3.8) is 0 Å². The molecule has 0 unspecified atom stereocenters. The molecular weight excluding hydrogens is 929 g/mol.